The van der Waals surface area contributed by atoms with E-state index in [1.807, 2.05) is 12.1 Å². The van der Waals surface area contributed by atoms with Crippen molar-refractivity contribution < 1.29 is 14.7 Å². The maximum absolute atomic E-state index is 11.6. The molecule has 0 aliphatic carbocycles. The van der Waals surface area contributed by atoms with Crippen molar-refractivity contribution in [2.75, 3.05) is 11.9 Å². The molecule has 1 heterocycles. The fourth-order valence-electron chi connectivity index (χ4n) is 1.63. The minimum absolute atomic E-state index is 0.0436. The summed E-state index contributed by atoms with van der Waals surface area (Å²) in [4.78, 5) is 26.0. The molecule has 1 aromatic carbocycles. The Hall–Kier alpha value is -2.34. The second kappa shape index (κ2) is 5.53. The van der Waals surface area contributed by atoms with Crippen LogP contribution >= 0.6 is 0 Å². The van der Waals surface area contributed by atoms with Gasteiger partial charge in [0.2, 0.25) is 0 Å². The fourth-order valence-corrected chi connectivity index (χ4v) is 1.63. The molecule has 1 atom stereocenters. The fraction of sp³-hybridized carbons (Fsp3) is 0.231. The number of carbonyl (C=O) groups excluding carboxylic acids is 2. The molecule has 2 amide bonds. The highest BCUT2D eigenvalue weighted by atomic mass is 16.3. The van der Waals surface area contributed by atoms with E-state index in [1.54, 1.807) is 18.3 Å². The molecule has 0 unspecified atom stereocenters. The van der Waals surface area contributed by atoms with Crippen molar-refractivity contribution in [3.63, 3.8) is 0 Å². The van der Waals surface area contributed by atoms with Crippen LogP contribution in [0.2, 0.25) is 0 Å². The molecule has 0 bridgehead atoms. The number of aliphatic hydroxyl groups is 1. The summed E-state index contributed by atoms with van der Waals surface area (Å²) >= 11 is 0. The van der Waals surface area contributed by atoms with Gasteiger partial charge in [-0.15, -0.1) is 0 Å². The van der Waals surface area contributed by atoms with Crippen LogP contribution in [0, 0.1) is 0 Å². The van der Waals surface area contributed by atoms with Crippen molar-refractivity contribution in [2.24, 2.45) is 0 Å². The number of fused-ring (bicyclic) bond motifs is 1. The summed E-state index contributed by atoms with van der Waals surface area (Å²) in [5.41, 5.74) is 1.41. The molecule has 2 aromatic rings. The van der Waals surface area contributed by atoms with E-state index in [2.05, 4.69) is 15.6 Å². The molecule has 0 spiro atoms. The second-order valence-corrected chi connectivity index (χ2v) is 4.29. The summed E-state index contributed by atoms with van der Waals surface area (Å²) in [6, 6.07) is 7.22. The number of carbonyl (C=O) groups is 2. The molecule has 1 aromatic heterocycles. The third-order valence-electron chi connectivity index (χ3n) is 2.58. The first kappa shape index (κ1) is 13.1. The normalized spacial score (nSPS) is 12.1. The van der Waals surface area contributed by atoms with E-state index in [9.17, 15) is 9.59 Å². The van der Waals surface area contributed by atoms with Gasteiger partial charge in [0.1, 0.15) is 0 Å². The third kappa shape index (κ3) is 3.32. The van der Waals surface area contributed by atoms with Crippen molar-refractivity contribution >= 4 is 28.4 Å². The van der Waals surface area contributed by atoms with Gasteiger partial charge in [0, 0.05) is 23.9 Å². The number of rotatable bonds is 3. The molecule has 6 nitrogen and oxygen atoms in total. The molecule has 100 valence electrons. The van der Waals surface area contributed by atoms with Crippen LogP contribution in [0.3, 0.4) is 0 Å². The number of benzene rings is 1. The van der Waals surface area contributed by atoms with Gasteiger partial charge in [0.05, 0.1) is 6.10 Å². The number of nitrogens with one attached hydrogen (secondary N) is 3. The Morgan fingerprint density at radius 1 is 1.32 bits per heavy atom. The molecule has 6 heteroatoms. The average Bonchev–Trinajstić information content (AvgIpc) is 2.83. The molecule has 2 rings (SSSR count). The lowest BCUT2D eigenvalue weighted by Gasteiger charge is -2.07. The topological polar surface area (TPSA) is 94.2 Å². The smallest absolute Gasteiger partial charge is 0.313 e. The second-order valence-electron chi connectivity index (χ2n) is 4.29. The first-order valence-electron chi connectivity index (χ1n) is 5.90. The first-order chi connectivity index (χ1) is 9.06. The number of aromatic amines is 1. The van der Waals surface area contributed by atoms with Crippen LogP contribution in [0.15, 0.2) is 30.5 Å². The standard InChI is InChI=1S/C13H15N3O3/c1-8(17)7-15-12(18)13(19)16-10-3-2-9-4-5-14-11(9)6-10/h2-6,8,14,17H,7H2,1H3,(H,15,18)(H,16,19)/t8-/m1/s1. The number of aromatic nitrogens is 1. The van der Waals surface area contributed by atoms with E-state index in [0.717, 1.165) is 10.9 Å². The molecular formula is C13H15N3O3. The van der Waals surface area contributed by atoms with Crippen LogP contribution in [0.4, 0.5) is 5.69 Å². The number of amides is 2. The lowest BCUT2D eigenvalue weighted by molar-refractivity contribution is -0.136. The Kier molecular flexibility index (Phi) is 3.82. The molecule has 0 saturated heterocycles. The van der Waals surface area contributed by atoms with Gasteiger partial charge in [-0.1, -0.05) is 6.07 Å². The molecule has 0 saturated carbocycles. The minimum atomic E-state index is -0.771. The largest absolute Gasteiger partial charge is 0.392 e. The van der Waals surface area contributed by atoms with Gasteiger partial charge in [-0.05, 0) is 30.5 Å². The van der Waals surface area contributed by atoms with Gasteiger partial charge < -0.3 is 20.7 Å². The van der Waals surface area contributed by atoms with Gasteiger partial charge in [0.25, 0.3) is 0 Å². The Morgan fingerprint density at radius 3 is 2.84 bits per heavy atom. The van der Waals surface area contributed by atoms with E-state index >= 15 is 0 Å². The number of H-pyrrole nitrogens is 1. The molecule has 4 N–H and O–H groups in total. The summed E-state index contributed by atoms with van der Waals surface area (Å²) < 4.78 is 0. The van der Waals surface area contributed by atoms with E-state index in [-0.39, 0.29) is 6.54 Å². The van der Waals surface area contributed by atoms with Crippen molar-refractivity contribution in [1.29, 1.82) is 0 Å². The molecule has 0 aliphatic heterocycles. The van der Waals surface area contributed by atoms with Crippen LogP contribution in [-0.2, 0) is 9.59 Å². The highest BCUT2D eigenvalue weighted by molar-refractivity contribution is 6.39. The molecule has 0 aliphatic rings. The summed E-state index contributed by atoms with van der Waals surface area (Å²) in [7, 11) is 0. The van der Waals surface area contributed by atoms with Crippen molar-refractivity contribution in [1.82, 2.24) is 10.3 Å². The van der Waals surface area contributed by atoms with Crippen molar-refractivity contribution in [3.05, 3.63) is 30.5 Å². The number of hydrogen-bond acceptors (Lipinski definition) is 3. The summed E-state index contributed by atoms with van der Waals surface area (Å²) in [5, 5.41) is 14.9. The van der Waals surface area contributed by atoms with Gasteiger partial charge in [-0.2, -0.15) is 0 Å². The third-order valence-corrected chi connectivity index (χ3v) is 2.58. The molecule has 0 fully saturated rings. The lowest BCUT2D eigenvalue weighted by atomic mass is 10.2. The number of aliphatic hydroxyl groups excluding tert-OH is 1. The van der Waals surface area contributed by atoms with Crippen LogP contribution in [0.5, 0.6) is 0 Å². The monoisotopic (exact) mass is 261 g/mol. The van der Waals surface area contributed by atoms with Gasteiger partial charge in [0.15, 0.2) is 0 Å². The zero-order valence-corrected chi connectivity index (χ0v) is 10.4. The highest BCUT2D eigenvalue weighted by Gasteiger charge is 2.14. The van der Waals surface area contributed by atoms with E-state index in [0.29, 0.717) is 5.69 Å². The Bertz CT molecular complexity index is 604. The molecular weight excluding hydrogens is 246 g/mol. The summed E-state index contributed by atoms with van der Waals surface area (Å²) in [6.45, 7) is 1.57. The average molecular weight is 261 g/mol. The van der Waals surface area contributed by atoms with Gasteiger partial charge >= 0.3 is 11.8 Å². The minimum Gasteiger partial charge on any atom is -0.392 e. The van der Waals surface area contributed by atoms with Crippen molar-refractivity contribution in [3.8, 4) is 0 Å². The predicted molar refractivity (Wildman–Crippen MR) is 71.6 cm³/mol. The Balaban J connectivity index is 1.99. The van der Waals surface area contributed by atoms with Crippen LogP contribution < -0.4 is 10.6 Å². The Morgan fingerprint density at radius 2 is 2.11 bits per heavy atom. The maximum Gasteiger partial charge on any atom is 0.313 e. The number of hydrogen-bond donors (Lipinski definition) is 4. The zero-order chi connectivity index (χ0) is 13.8. The van der Waals surface area contributed by atoms with E-state index in [1.165, 1.54) is 6.92 Å². The van der Waals surface area contributed by atoms with Crippen LogP contribution in [-0.4, -0.2) is 34.6 Å². The SMILES string of the molecule is C[C@@H](O)CNC(=O)C(=O)Nc1ccc2cc[nH]c2c1. The predicted octanol–water partition coefficient (Wildman–Crippen LogP) is 0.603. The molecule has 0 radical (unpaired) electrons. The lowest BCUT2D eigenvalue weighted by Crippen LogP contribution is -2.38. The highest BCUT2D eigenvalue weighted by Crippen LogP contribution is 2.17. The number of anilines is 1. The van der Waals surface area contributed by atoms with Crippen LogP contribution in [0.25, 0.3) is 10.9 Å². The first-order valence-corrected chi connectivity index (χ1v) is 5.90. The molecule has 19 heavy (non-hydrogen) atoms. The Labute approximate surface area is 109 Å². The van der Waals surface area contributed by atoms with Crippen LogP contribution in [0.1, 0.15) is 6.92 Å². The van der Waals surface area contributed by atoms with Crippen molar-refractivity contribution in [2.45, 2.75) is 13.0 Å². The summed E-state index contributed by atoms with van der Waals surface area (Å²) in [6.07, 6.45) is 1.11. The van der Waals surface area contributed by atoms with Gasteiger partial charge in [-0.25, -0.2) is 0 Å². The maximum atomic E-state index is 11.6. The summed E-state index contributed by atoms with van der Waals surface area (Å²) in [5.74, 6) is -1.53. The zero-order valence-electron chi connectivity index (χ0n) is 10.4. The van der Waals surface area contributed by atoms with Gasteiger partial charge in [-0.3, -0.25) is 9.59 Å². The quantitative estimate of drug-likeness (QED) is 0.609. The van der Waals surface area contributed by atoms with E-state index < -0.39 is 17.9 Å². The van der Waals surface area contributed by atoms with E-state index in [4.69, 9.17) is 5.11 Å².